The quantitative estimate of drug-likeness (QED) is 0.738. The van der Waals surface area contributed by atoms with E-state index < -0.39 is 5.91 Å². The van der Waals surface area contributed by atoms with E-state index in [9.17, 15) is 14.4 Å². The molecule has 2 rings (SSSR count). The van der Waals surface area contributed by atoms with E-state index in [0.717, 1.165) is 0 Å². The highest BCUT2D eigenvalue weighted by Crippen LogP contribution is 2.27. The molecule has 0 radical (unpaired) electrons. The molecule has 0 unspecified atom stereocenters. The van der Waals surface area contributed by atoms with Gasteiger partial charge in [0, 0.05) is 30.6 Å². The van der Waals surface area contributed by atoms with E-state index in [0.29, 0.717) is 22.8 Å². The van der Waals surface area contributed by atoms with E-state index in [1.54, 1.807) is 25.1 Å². The lowest BCUT2D eigenvalue weighted by atomic mass is 10.2. The fraction of sp³-hybridized carbons (Fsp3) is 0.235. The number of carbonyl (C=O) groups excluding carboxylic acids is 2. The molecule has 0 bridgehead atoms. The van der Waals surface area contributed by atoms with Gasteiger partial charge in [-0.2, -0.15) is 0 Å². The first-order valence-corrected chi connectivity index (χ1v) is 7.46. The second-order valence-corrected chi connectivity index (χ2v) is 5.28. The third kappa shape index (κ3) is 5.10. The lowest BCUT2D eigenvalue weighted by Crippen LogP contribution is -2.22. The standard InChI is InChI=1S/C17H19N3O5/c1-10-6-14(22)16(8-18-10)25-9-17(23)20-13-7-12(19-11(2)21)4-5-15(13)24-3/h4-8H,9H2,1-3H3,(H,18,22)(H,19,21)(H,20,23). The SMILES string of the molecule is COc1ccc(NC(C)=O)cc1NC(=O)COc1c[nH]c(C)cc1=O. The number of aromatic nitrogens is 1. The monoisotopic (exact) mass is 345 g/mol. The summed E-state index contributed by atoms with van der Waals surface area (Å²) in [6, 6.07) is 6.22. The molecular formula is C17H19N3O5. The highest BCUT2D eigenvalue weighted by Gasteiger charge is 2.11. The topological polar surface area (TPSA) is 110 Å². The van der Waals surface area contributed by atoms with Gasteiger partial charge in [0.1, 0.15) is 5.75 Å². The van der Waals surface area contributed by atoms with Crippen LogP contribution in [-0.4, -0.2) is 30.5 Å². The molecule has 0 fully saturated rings. The van der Waals surface area contributed by atoms with Crippen LogP contribution >= 0.6 is 0 Å². The molecule has 2 aromatic rings. The number of H-pyrrole nitrogens is 1. The number of rotatable bonds is 6. The predicted molar refractivity (Wildman–Crippen MR) is 93.2 cm³/mol. The van der Waals surface area contributed by atoms with Gasteiger partial charge in [-0.05, 0) is 25.1 Å². The summed E-state index contributed by atoms with van der Waals surface area (Å²) in [5.41, 5.74) is 1.27. The number of anilines is 2. The largest absolute Gasteiger partial charge is 0.495 e. The van der Waals surface area contributed by atoms with Gasteiger partial charge in [0.25, 0.3) is 5.91 Å². The maximum Gasteiger partial charge on any atom is 0.262 e. The summed E-state index contributed by atoms with van der Waals surface area (Å²) in [5.74, 6) is -0.224. The van der Waals surface area contributed by atoms with Crippen LogP contribution in [0.4, 0.5) is 11.4 Å². The number of aryl methyl sites for hydroxylation is 1. The number of amides is 2. The molecule has 8 nitrogen and oxygen atoms in total. The average Bonchev–Trinajstić information content (AvgIpc) is 2.54. The maximum atomic E-state index is 12.1. The maximum absolute atomic E-state index is 12.1. The Labute approximate surface area is 144 Å². The van der Waals surface area contributed by atoms with Crippen LogP contribution in [0, 0.1) is 6.92 Å². The second kappa shape index (κ2) is 8.00. The Bertz CT molecular complexity index is 844. The first-order valence-electron chi connectivity index (χ1n) is 7.46. The average molecular weight is 345 g/mol. The molecule has 1 heterocycles. The van der Waals surface area contributed by atoms with Crippen molar-refractivity contribution in [1.82, 2.24) is 4.98 Å². The molecule has 0 aliphatic heterocycles. The van der Waals surface area contributed by atoms with Gasteiger partial charge >= 0.3 is 0 Å². The Balaban J connectivity index is 2.06. The van der Waals surface area contributed by atoms with Crippen molar-refractivity contribution < 1.29 is 19.1 Å². The number of benzene rings is 1. The number of nitrogens with one attached hydrogen (secondary N) is 3. The first-order chi connectivity index (χ1) is 11.9. The van der Waals surface area contributed by atoms with Crippen LogP contribution in [-0.2, 0) is 9.59 Å². The number of carbonyl (C=O) groups is 2. The summed E-state index contributed by atoms with van der Waals surface area (Å²) >= 11 is 0. The van der Waals surface area contributed by atoms with Crippen molar-refractivity contribution in [2.45, 2.75) is 13.8 Å². The fourth-order valence-electron chi connectivity index (χ4n) is 2.09. The number of hydrogen-bond acceptors (Lipinski definition) is 5. The normalized spacial score (nSPS) is 10.0. The van der Waals surface area contributed by atoms with Crippen molar-refractivity contribution in [3.05, 3.63) is 46.4 Å². The van der Waals surface area contributed by atoms with Crippen LogP contribution in [0.5, 0.6) is 11.5 Å². The van der Waals surface area contributed by atoms with Crippen molar-refractivity contribution in [2.24, 2.45) is 0 Å². The van der Waals surface area contributed by atoms with Crippen LogP contribution in [0.25, 0.3) is 0 Å². The summed E-state index contributed by atoms with van der Waals surface area (Å²) in [6.07, 6.45) is 1.41. The molecule has 0 spiro atoms. The van der Waals surface area contributed by atoms with Crippen LogP contribution in [0.1, 0.15) is 12.6 Å². The van der Waals surface area contributed by atoms with Crippen LogP contribution in [0.2, 0.25) is 0 Å². The first kappa shape index (κ1) is 18.1. The molecule has 8 heteroatoms. The lowest BCUT2D eigenvalue weighted by Gasteiger charge is -2.12. The summed E-state index contributed by atoms with van der Waals surface area (Å²) in [5, 5.41) is 5.24. The van der Waals surface area contributed by atoms with Crippen LogP contribution in [0.3, 0.4) is 0 Å². The van der Waals surface area contributed by atoms with Crippen molar-refractivity contribution >= 4 is 23.2 Å². The van der Waals surface area contributed by atoms with E-state index in [2.05, 4.69) is 15.6 Å². The summed E-state index contributed by atoms with van der Waals surface area (Å²) in [4.78, 5) is 37.8. The van der Waals surface area contributed by atoms with E-state index in [1.807, 2.05) is 0 Å². The molecular weight excluding hydrogens is 326 g/mol. The minimum Gasteiger partial charge on any atom is -0.495 e. The van der Waals surface area contributed by atoms with Gasteiger partial charge in [-0.3, -0.25) is 14.4 Å². The molecule has 1 aromatic carbocycles. The molecule has 3 N–H and O–H groups in total. The van der Waals surface area contributed by atoms with E-state index in [1.165, 1.54) is 26.3 Å². The number of hydrogen-bond donors (Lipinski definition) is 3. The summed E-state index contributed by atoms with van der Waals surface area (Å²) < 4.78 is 10.4. The Hall–Kier alpha value is -3.29. The molecule has 0 saturated heterocycles. The molecule has 25 heavy (non-hydrogen) atoms. The number of methoxy groups -OCH3 is 1. The number of pyridine rings is 1. The molecule has 132 valence electrons. The van der Waals surface area contributed by atoms with Gasteiger partial charge in [-0.15, -0.1) is 0 Å². The lowest BCUT2D eigenvalue weighted by molar-refractivity contribution is -0.118. The van der Waals surface area contributed by atoms with Crippen molar-refractivity contribution in [1.29, 1.82) is 0 Å². The van der Waals surface area contributed by atoms with Crippen molar-refractivity contribution in [3.8, 4) is 11.5 Å². The highest BCUT2D eigenvalue weighted by atomic mass is 16.5. The molecule has 0 aliphatic rings. The zero-order valence-corrected chi connectivity index (χ0v) is 14.1. The summed E-state index contributed by atoms with van der Waals surface area (Å²) in [7, 11) is 1.46. The number of aromatic amines is 1. The van der Waals surface area contributed by atoms with E-state index in [-0.39, 0.29) is 23.7 Å². The van der Waals surface area contributed by atoms with Crippen molar-refractivity contribution in [2.75, 3.05) is 24.4 Å². The van der Waals surface area contributed by atoms with E-state index >= 15 is 0 Å². The molecule has 0 aliphatic carbocycles. The molecule has 1 aromatic heterocycles. The second-order valence-electron chi connectivity index (χ2n) is 5.28. The zero-order valence-electron chi connectivity index (χ0n) is 14.1. The fourth-order valence-corrected chi connectivity index (χ4v) is 2.09. The van der Waals surface area contributed by atoms with Gasteiger partial charge in [0.2, 0.25) is 11.3 Å². The van der Waals surface area contributed by atoms with Crippen molar-refractivity contribution in [3.63, 3.8) is 0 Å². The van der Waals surface area contributed by atoms with Gasteiger partial charge in [-0.1, -0.05) is 0 Å². The molecule has 0 saturated carbocycles. The molecule has 2 amide bonds. The predicted octanol–water partition coefficient (Wildman–Crippen LogP) is 1.67. The zero-order chi connectivity index (χ0) is 18.4. The Morgan fingerprint density at radius 2 is 1.92 bits per heavy atom. The van der Waals surface area contributed by atoms with E-state index in [4.69, 9.17) is 9.47 Å². The van der Waals surface area contributed by atoms with Gasteiger partial charge in [0.05, 0.1) is 12.8 Å². The van der Waals surface area contributed by atoms with Gasteiger partial charge in [0.15, 0.2) is 12.4 Å². The third-order valence-corrected chi connectivity index (χ3v) is 3.17. The molecule has 0 atom stereocenters. The third-order valence-electron chi connectivity index (χ3n) is 3.17. The Kier molecular flexibility index (Phi) is 5.78. The van der Waals surface area contributed by atoms with Crippen LogP contribution in [0.15, 0.2) is 35.3 Å². The van der Waals surface area contributed by atoms with Gasteiger partial charge in [-0.25, -0.2) is 0 Å². The Morgan fingerprint density at radius 3 is 2.56 bits per heavy atom. The highest BCUT2D eigenvalue weighted by molar-refractivity contribution is 5.95. The minimum atomic E-state index is -0.474. The van der Waals surface area contributed by atoms with Crippen LogP contribution < -0.4 is 25.5 Å². The summed E-state index contributed by atoms with van der Waals surface area (Å²) in [6.45, 7) is 2.78. The smallest absolute Gasteiger partial charge is 0.262 e. The minimum absolute atomic E-state index is 0.0553. The number of ether oxygens (including phenoxy) is 2. The Morgan fingerprint density at radius 1 is 1.16 bits per heavy atom. The van der Waals surface area contributed by atoms with Gasteiger partial charge < -0.3 is 25.1 Å².